The molecule has 0 amide bonds. The van der Waals surface area contributed by atoms with Crippen molar-refractivity contribution in [1.29, 1.82) is 0 Å². The fraction of sp³-hybridized carbons (Fsp3) is 0.188. The maximum absolute atomic E-state index is 11.8. The molecule has 0 aliphatic heterocycles. The number of methoxy groups -OCH3 is 3. The van der Waals surface area contributed by atoms with Gasteiger partial charge < -0.3 is 14.2 Å². The van der Waals surface area contributed by atoms with Crippen molar-refractivity contribution in [3.8, 4) is 28.4 Å². The zero-order valence-corrected chi connectivity index (χ0v) is 12.7. The van der Waals surface area contributed by atoms with E-state index in [1.54, 1.807) is 6.07 Å². The summed E-state index contributed by atoms with van der Waals surface area (Å²) in [5.74, 6) is 1.04. The molecule has 0 atom stereocenters. The second-order valence-electron chi connectivity index (χ2n) is 4.21. The quantitative estimate of drug-likeness (QED) is 0.789. The zero-order valence-electron chi connectivity index (χ0n) is 12.0. The lowest BCUT2D eigenvalue weighted by molar-refractivity contribution is 0.107. The van der Waals surface area contributed by atoms with E-state index in [0.717, 1.165) is 5.56 Å². The summed E-state index contributed by atoms with van der Waals surface area (Å²) in [5, 5.41) is -0.667. The molecule has 2 aromatic carbocycles. The van der Waals surface area contributed by atoms with Crippen LogP contribution in [0.4, 0.5) is 0 Å². The third-order valence-corrected chi connectivity index (χ3v) is 3.30. The van der Waals surface area contributed by atoms with Crippen LogP contribution in [0.2, 0.25) is 0 Å². The Bertz CT molecular complexity index is 653. The molecule has 0 saturated carbocycles. The van der Waals surface area contributed by atoms with Crippen LogP contribution in [0.25, 0.3) is 11.1 Å². The van der Waals surface area contributed by atoms with Crippen molar-refractivity contribution in [2.45, 2.75) is 0 Å². The minimum atomic E-state index is -0.667. The first kappa shape index (κ1) is 15.2. The number of halogens is 1. The van der Waals surface area contributed by atoms with Crippen LogP contribution in [0.1, 0.15) is 10.4 Å². The van der Waals surface area contributed by atoms with Gasteiger partial charge in [-0.15, -0.1) is 0 Å². The van der Waals surface area contributed by atoms with Crippen LogP contribution >= 0.6 is 11.6 Å². The highest BCUT2D eigenvalue weighted by atomic mass is 35.5. The molecule has 0 radical (unpaired) electrons. The Labute approximate surface area is 128 Å². The summed E-state index contributed by atoms with van der Waals surface area (Å²) < 4.78 is 15.9. The maximum atomic E-state index is 11.8. The normalized spacial score (nSPS) is 10.1. The molecule has 0 aliphatic rings. The van der Waals surface area contributed by atoms with Gasteiger partial charge in [0.05, 0.1) is 21.3 Å². The van der Waals surface area contributed by atoms with Crippen LogP contribution in [0.5, 0.6) is 17.2 Å². The molecular weight excluding hydrogens is 292 g/mol. The predicted octanol–water partition coefficient (Wildman–Crippen LogP) is 3.76. The van der Waals surface area contributed by atoms with Crippen LogP contribution < -0.4 is 14.2 Å². The second kappa shape index (κ2) is 6.50. The topological polar surface area (TPSA) is 44.8 Å². The standard InChI is InChI=1S/C16H15ClO4/c1-19-12-9-11(10-7-5-4-6-8-10)14(20-2)13(16(17)18)15(12)21-3/h4-9H,1-3H3. The van der Waals surface area contributed by atoms with E-state index in [1.807, 2.05) is 30.3 Å². The smallest absolute Gasteiger partial charge is 0.260 e. The molecule has 0 spiro atoms. The Balaban J connectivity index is 2.83. The highest BCUT2D eigenvalue weighted by Gasteiger charge is 2.25. The molecule has 0 aromatic heterocycles. The molecule has 0 aliphatic carbocycles. The largest absolute Gasteiger partial charge is 0.495 e. The average molecular weight is 307 g/mol. The second-order valence-corrected chi connectivity index (χ2v) is 4.55. The number of benzene rings is 2. The fourth-order valence-electron chi connectivity index (χ4n) is 2.20. The highest BCUT2D eigenvalue weighted by molar-refractivity contribution is 6.68. The van der Waals surface area contributed by atoms with Crippen LogP contribution in [-0.2, 0) is 0 Å². The number of carbonyl (C=O) groups excluding carboxylic acids is 1. The van der Waals surface area contributed by atoms with Gasteiger partial charge in [0.15, 0.2) is 11.5 Å². The number of ether oxygens (including phenoxy) is 3. The minimum Gasteiger partial charge on any atom is -0.495 e. The van der Waals surface area contributed by atoms with Gasteiger partial charge in [-0.05, 0) is 23.2 Å². The van der Waals surface area contributed by atoms with Crippen molar-refractivity contribution < 1.29 is 19.0 Å². The van der Waals surface area contributed by atoms with E-state index in [-0.39, 0.29) is 11.3 Å². The molecule has 0 N–H and O–H groups in total. The van der Waals surface area contributed by atoms with E-state index in [9.17, 15) is 4.79 Å². The molecule has 0 saturated heterocycles. The molecule has 0 fully saturated rings. The van der Waals surface area contributed by atoms with E-state index in [0.29, 0.717) is 17.1 Å². The molecule has 0 bridgehead atoms. The van der Waals surface area contributed by atoms with Gasteiger partial charge in [-0.3, -0.25) is 4.79 Å². The molecular formula is C16H15ClO4. The van der Waals surface area contributed by atoms with Crippen molar-refractivity contribution >= 4 is 16.8 Å². The maximum Gasteiger partial charge on any atom is 0.260 e. The van der Waals surface area contributed by atoms with E-state index in [2.05, 4.69) is 0 Å². The van der Waals surface area contributed by atoms with Crippen LogP contribution in [-0.4, -0.2) is 26.6 Å². The number of hydrogen-bond acceptors (Lipinski definition) is 4. The van der Waals surface area contributed by atoms with Crippen molar-refractivity contribution in [1.82, 2.24) is 0 Å². The van der Waals surface area contributed by atoms with Crippen molar-refractivity contribution in [3.05, 3.63) is 42.0 Å². The summed E-state index contributed by atoms with van der Waals surface area (Å²) in [7, 11) is 4.43. The van der Waals surface area contributed by atoms with Gasteiger partial charge in [0.25, 0.3) is 5.24 Å². The Morgan fingerprint density at radius 1 is 0.952 bits per heavy atom. The van der Waals surface area contributed by atoms with E-state index < -0.39 is 5.24 Å². The highest BCUT2D eigenvalue weighted by Crippen LogP contribution is 2.45. The molecule has 5 heteroatoms. The van der Waals surface area contributed by atoms with Gasteiger partial charge in [0, 0.05) is 5.56 Å². The summed E-state index contributed by atoms with van der Waals surface area (Å²) in [6.07, 6.45) is 0. The summed E-state index contributed by atoms with van der Waals surface area (Å²) in [5.41, 5.74) is 1.74. The first-order valence-electron chi connectivity index (χ1n) is 6.22. The van der Waals surface area contributed by atoms with Crippen molar-refractivity contribution in [3.63, 3.8) is 0 Å². The first-order chi connectivity index (χ1) is 10.1. The monoisotopic (exact) mass is 306 g/mol. The lowest BCUT2D eigenvalue weighted by atomic mass is 10.00. The minimum absolute atomic E-state index is 0.153. The molecule has 0 unspecified atom stereocenters. The SMILES string of the molecule is COc1cc(-c2ccccc2)c(OC)c(C(=O)Cl)c1OC. The summed E-state index contributed by atoms with van der Waals surface area (Å²) in [6, 6.07) is 11.3. The number of hydrogen-bond donors (Lipinski definition) is 0. The molecule has 110 valence electrons. The molecule has 2 aromatic rings. The predicted molar refractivity (Wildman–Crippen MR) is 81.7 cm³/mol. The van der Waals surface area contributed by atoms with E-state index in [4.69, 9.17) is 25.8 Å². The summed E-state index contributed by atoms with van der Waals surface area (Å²) >= 11 is 5.70. The van der Waals surface area contributed by atoms with E-state index >= 15 is 0 Å². The van der Waals surface area contributed by atoms with Crippen LogP contribution in [0, 0.1) is 0 Å². The number of carbonyl (C=O) groups is 1. The Morgan fingerprint density at radius 3 is 2.05 bits per heavy atom. The van der Waals surface area contributed by atoms with E-state index in [1.165, 1.54) is 21.3 Å². The zero-order chi connectivity index (χ0) is 15.4. The average Bonchev–Trinajstić information content (AvgIpc) is 2.53. The Hall–Kier alpha value is -2.20. The molecule has 0 heterocycles. The van der Waals surface area contributed by atoms with Gasteiger partial charge in [-0.2, -0.15) is 0 Å². The fourth-order valence-corrected chi connectivity index (χ4v) is 2.37. The van der Waals surface area contributed by atoms with Crippen molar-refractivity contribution in [2.75, 3.05) is 21.3 Å². The third kappa shape index (κ3) is 2.81. The Kier molecular flexibility index (Phi) is 4.70. The lowest BCUT2D eigenvalue weighted by Crippen LogP contribution is -2.04. The van der Waals surface area contributed by atoms with Crippen molar-refractivity contribution in [2.24, 2.45) is 0 Å². The Morgan fingerprint density at radius 2 is 1.57 bits per heavy atom. The summed E-state index contributed by atoms with van der Waals surface area (Å²) in [4.78, 5) is 11.8. The third-order valence-electron chi connectivity index (χ3n) is 3.11. The van der Waals surface area contributed by atoms with Gasteiger partial charge in [0.1, 0.15) is 11.3 Å². The number of rotatable bonds is 5. The molecule has 21 heavy (non-hydrogen) atoms. The van der Waals surface area contributed by atoms with Gasteiger partial charge in [-0.1, -0.05) is 30.3 Å². The lowest BCUT2D eigenvalue weighted by Gasteiger charge is -2.18. The first-order valence-corrected chi connectivity index (χ1v) is 6.60. The van der Waals surface area contributed by atoms with Gasteiger partial charge in [-0.25, -0.2) is 0 Å². The van der Waals surface area contributed by atoms with Gasteiger partial charge in [0.2, 0.25) is 0 Å². The van der Waals surface area contributed by atoms with Crippen LogP contribution in [0.15, 0.2) is 36.4 Å². The van der Waals surface area contributed by atoms with Gasteiger partial charge >= 0.3 is 0 Å². The summed E-state index contributed by atoms with van der Waals surface area (Å²) in [6.45, 7) is 0. The molecule has 2 rings (SSSR count). The molecule has 4 nitrogen and oxygen atoms in total. The van der Waals surface area contributed by atoms with Crippen LogP contribution in [0.3, 0.4) is 0 Å².